The average Bonchev–Trinajstić information content (AvgIpc) is 3.01. The molecule has 1 aliphatic heterocycles. The van der Waals surface area contributed by atoms with Crippen molar-refractivity contribution in [2.45, 2.75) is 57.2 Å². The van der Waals surface area contributed by atoms with Crippen LogP contribution in [0.4, 0.5) is 17.2 Å². The molecule has 3 fully saturated rings. The second-order valence-electron chi connectivity index (χ2n) is 8.31. The fraction of sp³-hybridized carbons (Fsp3) is 0.579. The van der Waals surface area contributed by atoms with E-state index < -0.39 is 0 Å². The monoisotopic (exact) mass is 338 g/mol. The average molecular weight is 338 g/mol. The van der Waals surface area contributed by atoms with E-state index in [1.807, 2.05) is 13.1 Å². The van der Waals surface area contributed by atoms with Crippen LogP contribution >= 0.6 is 0 Å². The van der Waals surface area contributed by atoms with Gasteiger partial charge in [0.2, 0.25) is 0 Å². The summed E-state index contributed by atoms with van der Waals surface area (Å²) in [7, 11) is 0. The summed E-state index contributed by atoms with van der Waals surface area (Å²) in [6, 6.07) is 5.43. The van der Waals surface area contributed by atoms with E-state index in [1.165, 1.54) is 25.7 Å². The van der Waals surface area contributed by atoms with E-state index in [-0.39, 0.29) is 5.54 Å². The van der Waals surface area contributed by atoms with Crippen LogP contribution < -0.4 is 16.0 Å². The first-order valence-electron chi connectivity index (χ1n) is 9.38. The van der Waals surface area contributed by atoms with Crippen LogP contribution in [0.15, 0.2) is 24.5 Å². The predicted molar refractivity (Wildman–Crippen MR) is 99.3 cm³/mol. The first-order valence-corrected chi connectivity index (χ1v) is 9.38. The molecule has 2 saturated carbocycles. The highest BCUT2D eigenvalue weighted by Gasteiger charge is 2.40. The van der Waals surface area contributed by atoms with Gasteiger partial charge in [0.1, 0.15) is 5.82 Å². The number of aromatic nitrogens is 3. The molecular formula is C19H26N6. The Morgan fingerprint density at radius 3 is 2.84 bits per heavy atom. The molecule has 0 radical (unpaired) electrons. The van der Waals surface area contributed by atoms with Gasteiger partial charge < -0.3 is 16.0 Å². The van der Waals surface area contributed by atoms with Gasteiger partial charge in [-0.15, -0.1) is 0 Å². The zero-order chi connectivity index (χ0) is 17.0. The molecule has 0 amide bonds. The van der Waals surface area contributed by atoms with Gasteiger partial charge in [0.15, 0.2) is 0 Å². The summed E-state index contributed by atoms with van der Waals surface area (Å²) in [6.45, 7) is 5.44. The lowest BCUT2D eigenvalue weighted by Gasteiger charge is -2.22. The number of hydrogen-bond donors (Lipinski definition) is 3. The third-order valence-corrected chi connectivity index (χ3v) is 5.94. The molecule has 3 heterocycles. The van der Waals surface area contributed by atoms with Crippen molar-refractivity contribution in [3.8, 4) is 0 Å². The molecule has 2 aromatic heterocycles. The number of hydrogen-bond acceptors (Lipinski definition) is 5. The summed E-state index contributed by atoms with van der Waals surface area (Å²) in [5, 5.41) is 15.2. The summed E-state index contributed by atoms with van der Waals surface area (Å²) >= 11 is 0. The largest absolute Gasteiger partial charge is 0.380 e. The Kier molecular flexibility index (Phi) is 3.32. The molecule has 5 rings (SSSR count). The lowest BCUT2D eigenvalue weighted by atomic mass is 10.0. The van der Waals surface area contributed by atoms with Gasteiger partial charge in [0.05, 0.1) is 17.9 Å². The van der Waals surface area contributed by atoms with Gasteiger partial charge in [-0.3, -0.25) is 4.68 Å². The lowest BCUT2D eigenvalue weighted by Crippen LogP contribution is -2.31. The number of pyridine rings is 1. The Balaban J connectivity index is 1.32. The Morgan fingerprint density at radius 2 is 2.12 bits per heavy atom. The molecule has 25 heavy (non-hydrogen) atoms. The van der Waals surface area contributed by atoms with Crippen LogP contribution in [-0.4, -0.2) is 32.9 Å². The maximum Gasteiger partial charge on any atom is 0.132 e. The third-order valence-electron chi connectivity index (χ3n) is 5.94. The van der Waals surface area contributed by atoms with E-state index >= 15 is 0 Å². The molecule has 0 spiro atoms. The first-order chi connectivity index (χ1) is 12.1. The van der Waals surface area contributed by atoms with E-state index in [0.717, 1.165) is 35.3 Å². The van der Waals surface area contributed by atoms with Crippen molar-refractivity contribution in [2.75, 3.05) is 17.2 Å². The fourth-order valence-corrected chi connectivity index (χ4v) is 4.33. The van der Waals surface area contributed by atoms with Crippen LogP contribution in [0.3, 0.4) is 0 Å². The molecule has 132 valence electrons. The van der Waals surface area contributed by atoms with Crippen LogP contribution in [0, 0.1) is 12.8 Å². The second kappa shape index (κ2) is 5.46. The fourth-order valence-electron chi connectivity index (χ4n) is 4.33. The van der Waals surface area contributed by atoms with Crippen LogP contribution in [-0.2, 0) is 0 Å². The van der Waals surface area contributed by atoms with Crippen molar-refractivity contribution in [3.63, 3.8) is 0 Å². The molecule has 0 aromatic carbocycles. The summed E-state index contributed by atoms with van der Waals surface area (Å²) in [4.78, 5) is 4.63. The quantitative estimate of drug-likeness (QED) is 0.781. The van der Waals surface area contributed by atoms with E-state index in [0.29, 0.717) is 12.1 Å². The minimum atomic E-state index is 0.270. The highest BCUT2D eigenvalue weighted by atomic mass is 15.3. The lowest BCUT2D eigenvalue weighted by molar-refractivity contribution is 0.321. The predicted octanol–water partition coefficient (Wildman–Crippen LogP) is 3.22. The Morgan fingerprint density at radius 1 is 1.24 bits per heavy atom. The minimum Gasteiger partial charge on any atom is -0.380 e. The molecular weight excluding hydrogens is 312 g/mol. The number of rotatable bonds is 5. The third kappa shape index (κ3) is 2.99. The topological polar surface area (TPSA) is 66.8 Å². The van der Waals surface area contributed by atoms with Crippen LogP contribution in [0.5, 0.6) is 0 Å². The van der Waals surface area contributed by atoms with Crippen molar-refractivity contribution in [1.82, 2.24) is 20.1 Å². The van der Waals surface area contributed by atoms with E-state index in [9.17, 15) is 0 Å². The summed E-state index contributed by atoms with van der Waals surface area (Å²) in [5.41, 5.74) is 3.44. The van der Waals surface area contributed by atoms with Crippen molar-refractivity contribution in [2.24, 2.45) is 5.92 Å². The Hall–Kier alpha value is -2.08. The second-order valence-corrected chi connectivity index (χ2v) is 8.31. The maximum atomic E-state index is 4.63. The summed E-state index contributed by atoms with van der Waals surface area (Å²) < 4.78 is 2.15. The minimum absolute atomic E-state index is 0.270. The number of piperidine rings is 1. The molecule has 2 aliphatic carbocycles. The van der Waals surface area contributed by atoms with Gasteiger partial charge in [0, 0.05) is 41.8 Å². The molecule has 2 bridgehead atoms. The standard InChI is InChI=1S/C19H26N6/c1-12-5-15(24-19(2)3-4-19)8-18(22-12)23-16-10-21-25(11-16)17-7-14-6-13(17)9-20-14/h5,8,10-11,13-14,17,20H,3-4,6-7,9H2,1-2H3,(H2,22,23,24). The maximum absolute atomic E-state index is 4.63. The number of fused-ring (bicyclic) bond motifs is 2. The number of nitrogens with one attached hydrogen (secondary N) is 3. The summed E-state index contributed by atoms with van der Waals surface area (Å²) in [6.07, 6.45) is 9.01. The molecule has 3 unspecified atom stereocenters. The highest BCUT2D eigenvalue weighted by Crippen LogP contribution is 2.40. The molecule has 6 nitrogen and oxygen atoms in total. The van der Waals surface area contributed by atoms with E-state index in [2.05, 4.69) is 56.0 Å². The van der Waals surface area contributed by atoms with Gasteiger partial charge in [-0.25, -0.2) is 4.98 Å². The van der Waals surface area contributed by atoms with Crippen molar-refractivity contribution in [1.29, 1.82) is 0 Å². The number of nitrogens with zero attached hydrogens (tertiary/aromatic N) is 3. The molecule has 3 aliphatic rings. The first kappa shape index (κ1) is 15.2. The van der Waals surface area contributed by atoms with Gasteiger partial charge in [-0.2, -0.15) is 5.10 Å². The van der Waals surface area contributed by atoms with Gasteiger partial charge in [0.25, 0.3) is 0 Å². The summed E-state index contributed by atoms with van der Waals surface area (Å²) in [5.74, 6) is 1.60. The van der Waals surface area contributed by atoms with Crippen molar-refractivity contribution >= 4 is 17.2 Å². The van der Waals surface area contributed by atoms with Gasteiger partial charge in [-0.1, -0.05) is 0 Å². The smallest absolute Gasteiger partial charge is 0.132 e. The van der Waals surface area contributed by atoms with Crippen molar-refractivity contribution < 1.29 is 0 Å². The Bertz CT molecular complexity index is 793. The van der Waals surface area contributed by atoms with Crippen LogP contribution in [0.1, 0.15) is 44.3 Å². The van der Waals surface area contributed by atoms with Gasteiger partial charge in [-0.05, 0) is 51.5 Å². The Labute approximate surface area is 148 Å². The number of aryl methyl sites for hydroxylation is 1. The molecule has 3 N–H and O–H groups in total. The molecule has 1 saturated heterocycles. The van der Waals surface area contributed by atoms with E-state index in [1.54, 1.807) is 0 Å². The van der Waals surface area contributed by atoms with Crippen LogP contribution in [0.25, 0.3) is 0 Å². The normalized spacial score (nSPS) is 29.0. The van der Waals surface area contributed by atoms with Crippen LogP contribution in [0.2, 0.25) is 0 Å². The number of anilines is 3. The van der Waals surface area contributed by atoms with E-state index in [4.69, 9.17) is 0 Å². The molecule has 2 aromatic rings. The zero-order valence-corrected chi connectivity index (χ0v) is 14.9. The van der Waals surface area contributed by atoms with Gasteiger partial charge >= 0.3 is 0 Å². The molecule has 3 atom stereocenters. The SMILES string of the molecule is Cc1cc(NC2(C)CC2)cc(Nc2cnn(C3CC4CC3CN4)c2)n1. The van der Waals surface area contributed by atoms with Crippen molar-refractivity contribution in [3.05, 3.63) is 30.2 Å². The zero-order valence-electron chi connectivity index (χ0n) is 14.9. The molecule has 6 heteroatoms. The highest BCUT2D eigenvalue weighted by molar-refractivity contribution is 5.61.